The molecule has 2 unspecified atom stereocenters. The summed E-state index contributed by atoms with van der Waals surface area (Å²) in [6.07, 6.45) is 5.37. The average Bonchev–Trinajstić information content (AvgIpc) is 3.34. The zero-order valence-electron chi connectivity index (χ0n) is 16.8. The Morgan fingerprint density at radius 2 is 2.03 bits per heavy atom. The van der Waals surface area contributed by atoms with E-state index in [-0.39, 0.29) is 18.2 Å². The molecule has 4 rings (SSSR count). The van der Waals surface area contributed by atoms with Crippen LogP contribution in [0.25, 0.3) is 22.0 Å². The molecular weight excluding hydrogens is 430 g/mol. The summed E-state index contributed by atoms with van der Waals surface area (Å²) in [5.41, 5.74) is 2.05. The lowest BCUT2D eigenvalue weighted by Gasteiger charge is -2.26. The van der Waals surface area contributed by atoms with Crippen LogP contribution in [0, 0.1) is 0 Å². The normalized spacial score (nSPS) is 19.1. The molecule has 0 saturated carbocycles. The van der Waals surface area contributed by atoms with E-state index in [9.17, 15) is 4.79 Å². The molecule has 2 heterocycles. The number of imidazole rings is 1. The Labute approximate surface area is 179 Å². The van der Waals surface area contributed by atoms with Gasteiger partial charge in [0.05, 0.1) is 24.5 Å². The number of hydrogen-bond donors (Lipinski definition) is 1. The maximum absolute atomic E-state index is 12.6. The number of amides is 1. The molecular formula is C23H26BrN3O2. The molecule has 2 atom stereocenters. The Kier molecular flexibility index (Phi) is 5.90. The summed E-state index contributed by atoms with van der Waals surface area (Å²) in [6.45, 7) is 4.64. The van der Waals surface area contributed by atoms with Gasteiger partial charge < -0.3 is 9.72 Å². The van der Waals surface area contributed by atoms with Crippen molar-refractivity contribution in [3.8, 4) is 11.3 Å². The third-order valence-electron chi connectivity index (χ3n) is 5.63. The van der Waals surface area contributed by atoms with E-state index in [0.29, 0.717) is 6.61 Å². The first-order valence-corrected chi connectivity index (χ1v) is 11.1. The number of aromatic amines is 1. The maximum Gasteiger partial charge on any atom is 0.410 e. The molecule has 5 nitrogen and oxygen atoms in total. The molecule has 1 fully saturated rings. The second-order valence-electron chi connectivity index (χ2n) is 7.71. The quantitative estimate of drug-likeness (QED) is 0.449. The van der Waals surface area contributed by atoms with Gasteiger partial charge >= 0.3 is 6.09 Å². The molecule has 1 N–H and O–H groups in total. The number of hydrogen-bond acceptors (Lipinski definition) is 3. The number of aromatic nitrogens is 2. The zero-order chi connectivity index (χ0) is 20.4. The monoisotopic (exact) mass is 455 g/mol. The van der Waals surface area contributed by atoms with Gasteiger partial charge in [0.15, 0.2) is 0 Å². The van der Waals surface area contributed by atoms with E-state index in [1.54, 1.807) is 0 Å². The third-order valence-corrected chi connectivity index (χ3v) is 6.12. The highest BCUT2D eigenvalue weighted by Crippen LogP contribution is 2.36. The molecule has 1 aromatic heterocycles. The highest BCUT2D eigenvalue weighted by Gasteiger charge is 2.38. The number of H-pyrrole nitrogens is 1. The fraction of sp³-hybridized carbons (Fsp3) is 0.391. The molecule has 29 heavy (non-hydrogen) atoms. The van der Waals surface area contributed by atoms with Gasteiger partial charge in [-0.25, -0.2) is 9.78 Å². The van der Waals surface area contributed by atoms with Crippen LogP contribution in [0.2, 0.25) is 0 Å². The van der Waals surface area contributed by atoms with Crippen molar-refractivity contribution in [3.05, 3.63) is 52.9 Å². The van der Waals surface area contributed by atoms with E-state index >= 15 is 0 Å². The molecule has 1 amide bonds. The topological polar surface area (TPSA) is 58.2 Å². The van der Waals surface area contributed by atoms with E-state index in [2.05, 4.69) is 70.1 Å². The first-order valence-electron chi connectivity index (χ1n) is 10.3. The number of carbonyl (C=O) groups is 1. The molecule has 2 aromatic carbocycles. The highest BCUT2D eigenvalue weighted by atomic mass is 79.9. The second-order valence-corrected chi connectivity index (χ2v) is 8.62. The summed E-state index contributed by atoms with van der Waals surface area (Å²) < 4.78 is 6.55. The van der Waals surface area contributed by atoms with E-state index < -0.39 is 0 Å². The lowest BCUT2D eigenvalue weighted by Crippen LogP contribution is -2.36. The summed E-state index contributed by atoms with van der Waals surface area (Å²) in [6, 6.07) is 12.7. The van der Waals surface area contributed by atoms with Gasteiger partial charge in [-0.1, -0.05) is 47.5 Å². The molecule has 1 saturated heterocycles. The molecule has 3 aromatic rings. The first-order chi connectivity index (χ1) is 14.1. The number of benzene rings is 2. The fourth-order valence-electron chi connectivity index (χ4n) is 3.98. The smallest absolute Gasteiger partial charge is 0.410 e. The van der Waals surface area contributed by atoms with Crippen LogP contribution in [0.15, 0.2) is 47.1 Å². The number of rotatable bonds is 5. The number of likely N-dealkylation sites (tertiary alicyclic amines) is 1. The van der Waals surface area contributed by atoms with Crippen molar-refractivity contribution in [1.29, 1.82) is 0 Å². The van der Waals surface area contributed by atoms with E-state index in [1.807, 2.05) is 17.2 Å². The number of halogens is 1. The Hall–Kier alpha value is -2.34. The first kappa shape index (κ1) is 20.0. The Morgan fingerprint density at radius 3 is 2.86 bits per heavy atom. The predicted molar refractivity (Wildman–Crippen MR) is 119 cm³/mol. The number of ether oxygens (including phenoxy) is 1. The van der Waals surface area contributed by atoms with Gasteiger partial charge in [0.1, 0.15) is 5.82 Å². The van der Waals surface area contributed by atoms with Crippen molar-refractivity contribution < 1.29 is 9.53 Å². The second kappa shape index (κ2) is 8.57. The van der Waals surface area contributed by atoms with Crippen molar-refractivity contribution in [2.45, 2.75) is 51.6 Å². The summed E-state index contributed by atoms with van der Waals surface area (Å²) in [4.78, 5) is 22.5. The van der Waals surface area contributed by atoms with Crippen LogP contribution in [0.5, 0.6) is 0 Å². The summed E-state index contributed by atoms with van der Waals surface area (Å²) in [5, 5.41) is 2.37. The minimum atomic E-state index is -0.234. The van der Waals surface area contributed by atoms with Crippen LogP contribution >= 0.6 is 15.9 Å². The number of nitrogens with zero attached hydrogens (tertiary/aromatic N) is 2. The van der Waals surface area contributed by atoms with Gasteiger partial charge in [0.25, 0.3) is 0 Å². The standard InChI is InChI=1S/C23H26BrN3O2/c1-3-4-11-29-23(28)27-15(2)5-10-21(27)22-25-14-20(26-22)18-7-6-17-13-19(24)9-8-16(17)12-18/h6-9,12-15,21H,3-5,10-11H2,1-2H3,(H,25,26). The molecule has 1 aliphatic rings. The number of fused-ring (bicyclic) bond motifs is 1. The van der Waals surface area contributed by atoms with E-state index in [0.717, 1.165) is 47.2 Å². The number of carbonyl (C=O) groups excluding carboxylic acids is 1. The SMILES string of the molecule is CCCCOC(=O)N1C(C)CCC1c1ncc(-c2ccc3cc(Br)ccc3c2)[nH]1. The van der Waals surface area contributed by atoms with Crippen molar-refractivity contribution in [3.63, 3.8) is 0 Å². The van der Waals surface area contributed by atoms with Crippen LogP contribution in [-0.4, -0.2) is 33.6 Å². The molecule has 0 spiro atoms. The number of nitrogens with one attached hydrogen (secondary N) is 1. The minimum absolute atomic E-state index is 0.0655. The Morgan fingerprint density at radius 1 is 1.24 bits per heavy atom. The van der Waals surface area contributed by atoms with E-state index in [4.69, 9.17) is 4.74 Å². The summed E-state index contributed by atoms with van der Waals surface area (Å²) >= 11 is 3.52. The minimum Gasteiger partial charge on any atom is -0.449 e. The predicted octanol–water partition coefficient (Wildman–Crippen LogP) is 6.45. The van der Waals surface area contributed by atoms with Crippen molar-refractivity contribution in [1.82, 2.24) is 14.9 Å². The zero-order valence-corrected chi connectivity index (χ0v) is 18.4. The van der Waals surface area contributed by atoms with Crippen LogP contribution in [0.1, 0.15) is 51.4 Å². The highest BCUT2D eigenvalue weighted by molar-refractivity contribution is 9.10. The maximum atomic E-state index is 12.6. The fourth-order valence-corrected chi connectivity index (χ4v) is 4.35. The third kappa shape index (κ3) is 4.17. The molecule has 152 valence electrons. The van der Waals surface area contributed by atoms with Gasteiger partial charge in [0.2, 0.25) is 0 Å². The van der Waals surface area contributed by atoms with Crippen molar-refractivity contribution >= 4 is 32.8 Å². The lowest BCUT2D eigenvalue weighted by molar-refractivity contribution is 0.0839. The molecule has 0 aliphatic carbocycles. The van der Waals surface area contributed by atoms with Gasteiger partial charge in [0, 0.05) is 16.1 Å². The summed E-state index contributed by atoms with van der Waals surface area (Å²) in [7, 11) is 0. The van der Waals surface area contributed by atoms with Gasteiger partial charge in [-0.3, -0.25) is 4.90 Å². The van der Waals surface area contributed by atoms with Gasteiger partial charge in [-0.15, -0.1) is 0 Å². The molecule has 0 radical (unpaired) electrons. The lowest BCUT2D eigenvalue weighted by atomic mass is 10.1. The van der Waals surface area contributed by atoms with Crippen LogP contribution in [0.4, 0.5) is 4.79 Å². The van der Waals surface area contributed by atoms with Crippen LogP contribution in [-0.2, 0) is 4.74 Å². The van der Waals surface area contributed by atoms with E-state index in [1.165, 1.54) is 10.8 Å². The summed E-state index contributed by atoms with van der Waals surface area (Å²) in [5.74, 6) is 0.827. The van der Waals surface area contributed by atoms with Gasteiger partial charge in [-0.05, 0) is 55.2 Å². The van der Waals surface area contributed by atoms with Crippen molar-refractivity contribution in [2.75, 3.05) is 6.61 Å². The Bertz CT molecular complexity index is 1020. The van der Waals surface area contributed by atoms with Crippen molar-refractivity contribution in [2.24, 2.45) is 0 Å². The largest absolute Gasteiger partial charge is 0.449 e. The Balaban J connectivity index is 1.56. The average molecular weight is 456 g/mol. The molecule has 0 bridgehead atoms. The van der Waals surface area contributed by atoms with Crippen LogP contribution in [0.3, 0.4) is 0 Å². The molecule has 6 heteroatoms. The van der Waals surface area contributed by atoms with Gasteiger partial charge in [-0.2, -0.15) is 0 Å². The van der Waals surface area contributed by atoms with Crippen LogP contribution < -0.4 is 0 Å². The molecule has 1 aliphatic heterocycles. The number of unbranched alkanes of at least 4 members (excludes halogenated alkanes) is 1.